The highest BCUT2D eigenvalue weighted by molar-refractivity contribution is 6.41. The van der Waals surface area contributed by atoms with Crippen LogP contribution in [0.5, 0.6) is 0 Å². The topological polar surface area (TPSA) is 84.0 Å². The number of benzene rings is 5. The first-order chi connectivity index (χ1) is 24.5. The van der Waals surface area contributed by atoms with Gasteiger partial charge in [0.05, 0.1) is 0 Å². The average molecular weight is 673 g/mol. The number of unbranched alkanes of at least 4 members (excludes halogenated alkanes) is 10. The molecule has 5 aromatic rings. The molecule has 50 heavy (non-hydrogen) atoms. The number of imide groups is 2. The Kier molecular flexibility index (Phi) is 10.1. The highest BCUT2D eigenvalue weighted by atomic mass is 16.5. The Balaban J connectivity index is 1.15. The number of hydrogen-bond acceptors (Lipinski definition) is 5. The van der Waals surface area contributed by atoms with Crippen molar-refractivity contribution in [3.05, 3.63) is 70.8 Å². The molecule has 0 N–H and O–H groups in total. The molecule has 0 unspecified atom stereocenters. The van der Waals surface area contributed by atoms with Crippen LogP contribution in [-0.4, -0.2) is 59.7 Å². The Morgan fingerprint density at radius 2 is 0.740 bits per heavy atom. The van der Waals surface area contributed by atoms with Gasteiger partial charge in [0, 0.05) is 59.3 Å². The summed E-state index contributed by atoms with van der Waals surface area (Å²) >= 11 is 0. The van der Waals surface area contributed by atoms with Gasteiger partial charge in [-0.1, -0.05) is 102 Å². The normalized spacial score (nSPS) is 14.5. The Hall–Kier alpha value is -4.36. The molecule has 0 aliphatic carbocycles. The van der Waals surface area contributed by atoms with Crippen LogP contribution in [0.2, 0.25) is 0 Å². The van der Waals surface area contributed by atoms with Crippen molar-refractivity contribution in [3.63, 3.8) is 0 Å². The summed E-state index contributed by atoms with van der Waals surface area (Å²) in [4.78, 5) is 58.0. The summed E-state index contributed by atoms with van der Waals surface area (Å²) in [6.45, 7) is 6.27. The first kappa shape index (κ1) is 34.1. The van der Waals surface area contributed by atoms with E-state index in [9.17, 15) is 19.2 Å². The zero-order valence-electron chi connectivity index (χ0n) is 29.6. The molecule has 2 aliphatic rings. The molecule has 0 bridgehead atoms. The largest absolute Gasteiger partial charge is 0.381 e. The molecule has 7 rings (SSSR count). The van der Waals surface area contributed by atoms with E-state index >= 15 is 0 Å². The fourth-order valence-corrected chi connectivity index (χ4v) is 8.20. The molecule has 2 aliphatic heterocycles. The van der Waals surface area contributed by atoms with E-state index in [0.29, 0.717) is 65.8 Å². The van der Waals surface area contributed by atoms with Gasteiger partial charge in [0.15, 0.2) is 0 Å². The highest BCUT2D eigenvalue weighted by Crippen LogP contribution is 2.46. The number of ether oxygens (including phenoxy) is 1. The predicted octanol–water partition coefficient (Wildman–Crippen LogP) is 10.1. The maximum atomic E-state index is 13.9. The fourth-order valence-electron chi connectivity index (χ4n) is 8.20. The minimum Gasteiger partial charge on any atom is -0.381 e. The summed E-state index contributed by atoms with van der Waals surface area (Å²) in [5, 5.41) is 6.77. The van der Waals surface area contributed by atoms with E-state index in [4.69, 9.17) is 4.74 Å². The van der Waals surface area contributed by atoms with Crippen LogP contribution in [0.1, 0.15) is 139 Å². The molecule has 7 nitrogen and oxygen atoms in total. The third kappa shape index (κ3) is 5.93. The Morgan fingerprint density at radius 1 is 0.400 bits per heavy atom. The molecule has 0 fully saturated rings. The van der Waals surface area contributed by atoms with Gasteiger partial charge in [0.25, 0.3) is 23.6 Å². The smallest absolute Gasteiger partial charge is 0.261 e. The van der Waals surface area contributed by atoms with Crippen LogP contribution in [0.15, 0.2) is 48.5 Å². The van der Waals surface area contributed by atoms with Crippen LogP contribution in [0.4, 0.5) is 0 Å². The van der Waals surface area contributed by atoms with Gasteiger partial charge in [-0.2, -0.15) is 0 Å². The van der Waals surface area contributed by atoms with Crippen molar-refractivity contribution in [3.8, 4) is 0 Å². The molecule has 0 saturated heterocycles. The molecule has 0 aromatic heterocycles. The standard InChI is InChI=1S/C43H48N2O5/c1-3-5-7-8-9-10-11-12-13-14-24-44-40(46)32-20-16-28-30-18-22-34-39-35(43(49)45(42(34)48)25-15-27-50-26-6-4-2)23-19-31(37(30)39)29-17-21-33(41(44)47)38(32)36(28)29/h16-23H,3-15,24-27H2,1-2H3. The molecule has 7 heteroatoms. The molecular weight excluding hydrogens is 624 g/mol. The number of rotatable bonds is 18. The zero-order valence-corrected chi connectivity index (χ0v) is 29.6. The Bertz CT molecular complexity index is 1980. The van der Waals surface area contributed by atoms with Crippen molar-refractivity contribution in [2.45, 2.75) is 97.3 Å². The van der Waals surface area contributed by atoms with Crippen LogP contribution < -0.4 is 0 Å². The van der Waals surface area contributed by atoms with E-state index in [1.165, 1.54) is 54.7 Å². The molecule has 5 aromatic carbocycles. The maximum absolute atomic E-state index is 13.9. The molecule has 0 spiro atoms. The summed E-state index contributed by atoms with van der Waals surface area (Å²) in [5.41, 5.74) is 2.16. The van der Waals surface area contributed by atoms with Crippen molar-refractivity contribution >= 4 is 66.7 Å². The quantitative estimate of drug-likeness (QED) is 0.0400. The van der Waals surface area contributed by atoms with Crippen molar-refractivity contribution < 1.29 is 23.9 Å². The lowest BCUT2D eigenvalue weighted by molar-refractivity contribution is 0.0575. The Morgan fingerprint density at radius 3 is 1.14 bits per heavy atom. The van der Waals surface area contributed by atoms with E-state index in [1.807, 2.05) is 48.5 Å². The zero-order chi connectivity index (χ0) is 34.8. The van der Waals surface area contributed by atoms with Gasteiger partial charge in [-0.25, -0.2) is 0 Å². The van der Waals surface area contributed by atoms with Crippen LogP contribution in [-0.2, 0) is 4.74 Å². The molecule has 4 amide bonds. The first-order valence-corrected chi connectivity index (χ1v) is 19.0. The van der Waals surface area contributed by atoms with E-state index in [0.717, 1.165) is 64.4 Å². The van der Waals surface area contributed by atoms with Crippen LogP contribution in [0, 0.1) is 0 Å². The summed E-state index contributed by atoms with van der Waals surface area (Å²) in [6.07, 6.45) is 14.6. The highest BCUT2D eigenvalue weighted by Gasteiger charge is 2.36. The summed E-state index contributed by atoms with van der Waals surface area (Å²) < 4.78 is 5.68. The fraction of sp³-hybridized carbons (Fsp3) is 0.442. The Labute approximate surface area is 294 Å². The number of hydrogen-bond donors (Lipinski definition) is 0. The molecule has 2 heterocycles. The van der Waals surface area contributed by atoms with Gasteiger partial charge in [0.1, 0.15) is 0 Å². The third-order valence-corrected chi connectivity index (χ3v) is 10.9. The maximum Gasteiger partial charge on any atom is 0.261 e. The lowest BCUT2D eigenvalue weighted by atomic mass is 9.82. The van der Waals surface area contributed by atoms with Gasteiger partial charge in [-0.15, -0.1) is 0 Å². The average Bonchev–Trinajstić information content (AvgIpc) is 3.13. The lowest BCUT2D eigenvalue weighted by Crippen LogP contribution is -2.41. The summed E-state index contributed by atoms with van der Waals surface area (Å²) in [7, 11) is 0. The van der Waals surface area contributed by atoms with Gasteiger partial charge in [-0.3, -0.25) is 29.0 Å². The van der Waals surface area contributed by atoms with Gasteiger partial charge >= 0.3 is 0 Å². The monoisotopic (exact) mass is 672 g/mol. The second-order valence-corrected chi connectivity index (χ2v) is 14.2. The first-order valence-electron chi connectivity index (χ1n) is 19.0. The molecule has 260 valence electrons. The van der Waals surface area contributed by atoms with E-state index in [-0.39, 0.29) is 23.6 Å². The number of carbonyl (C=O) groups excluding carboxylic acids is 4. The molecule has 0 saturated carbocycles. The van der Waals surface area contributed by atoms with E-state index < -0.39 is 0 Å². The summed E-state index contributed by atoms with van der Waals surface area (Å²) in [6, 6.07) is 15.2. The second kappa shape index (κ2) is 14.9. The molecule has 0 atom stereocenters. The predicted molar refractivity (Wildman–Crippen MR) is 201 cm³/mol. The van der Waals surface area contributed by atoms with E-state index in [1.54, 1.807) is 0 Å². The SMILES string of the molecule is CCCCCCCCCCCCN1C(=O)c2ccc3c4ccc5c6c(ccc(c7ccc(c2c37)C1=O)c64)C(=O)N(CCCOCCCC)C5=O. The van der Waals surface area contributed by atoms with Crippen molar-refractivity contribution in [2.75, 3.05) is 26.3 Å². The minimum absolute atomic E-state index is 0.231. The van der Waals surface area contributed by atoms with Crippen LogP contribution in [0.3, 0.4) is 0 Å². The van der Waals surface area contributed by atoms with Crippen LogP contribution in [0.25, 0.3) is 43.1 Å². The van der Waals surface area contributed by atoms with Gasteiger partial charge in [0.2, 0.25) is 0 Å². The molecule has 0 radical (unpaired) electrons. The third-order valence-electron chi connectivity index (χ3n) is 10.9. The number of fused-ring (bicyclic) bond motifs is 2. The van der Waals surface area contributed by atoms with Crippen molar-refractivity contribution in [1.82, 2.24) is 9.80 Å². The number of amides is 4. The van der Waals surface area contributed by atoms with Crippen LogP contribution >= 0.6 is 0 Å². The van der Waals surface area contributed by atoms with Gasteiger partial charge < -0.3 is 4.74 Å². The number of nitrogens with zero attached hydrogens (tertiary/aromatic N) is 2. The summed E-state index contributed by atoms with van der Waals surface area (Å²) in [5.74, 6) is -1.03. The van der Waals surface area contributed by atoms with E-state index in [2.05, 4.69) is 13.8 Å². The van der Waals surface area contributed by atoms with Crippen molar-refractivity contribution in [1.29, 1.82) is 0 Å². The lowest BCUT2D eigenvalue weighted by Gasteiger charge is -2.30. The van der Waals surface area contributed by atoms with Gasteiger partial charge in [-0.05, 0) is 75.8 Å². The minimum atomic E-state index is -0.283. The number of carbonyl (C=O) groups is 4. The second-order valence-electron chi connectivity index (χ2n) is 14.2. The molecular formula is C43H48N2O5. The van der Waals surface area contributed by atoms with Crippen molar-refractivity contribution in [2.24, 2.45) is 0 Å².